The van der Waals surface area contributed by atoms with Gasteiger partial charge in [0.25, 0.3) is 10.0 Å². The van der Waals surface area contributed by atoms with Gasteiger partial charge in [-0.1, -0.05) is 18.2 Å². The Kier molecular flexibility index (Phi) is 6.69. The standard InChI is InChI=1S/C23H19F2NO5S/c1-14-4-3-5-17(10-14)26-32(29,30)18-8-6-15(2)19(12-18)23(28)31-13-22(27)20-11-16(24)7-9-21(20)25/h3-12,26H,13H2,1-2H3. The number of sulfonamides is 1. The topological polar surface area (TPSA) is 89.5 Å². The van der Waals surface area contributed by atoms with Gasteiger partial charge in [0, 0.05) is 5.69 Å². The summed E-state index contributed by atoms with van der Waals surface area (Å²) in [7, 11) is -4.00. The second kappa shape index (κ2) is 9.27. The van der Waals surface area contributed by atoms with Crippen LogP contribution in [0.15, 0.2) is 65.6 Å². The van der Waals surface area contributed by atoms with Crippen LogP contribution in [0.5, 0.6) is 0 Å². The average molecular weight is 459 g/mol. The Labute approximate surface area is 183 Å². The van der Waals surface area contributed by atoms with Crippen LogP contribution < -0.4 is 4.72 Å². The van der Waals surface area contributed by atoms with E-state index in [2.05, 4.69) is 4.72 Å². The minimum atomic E-state index is -4.00. The van der Waals surface area contributed by atoms with E-state index in [0.717, 1.165) is 23.8 Å². The predicted octanol–water partition coefficient (Wildman–Crippen LogP) is 4.42. The Bertz CT molecular complexity index is 1310. The highest BCUT2D eigenvalue weighted by atomic mass is 32.2. The number of hydrogen-bond donors (Lipinski definition) is 1. The molecule has 3 rings (SSSR count). The van der Waals surface area contributed by atoms with E-state index in [9.17, 15) is 26.8 Å². The number of aryl methyl sites for hydroxylation is 2. The Morgan fingerprint density at radius 2 is 1.69 bits per heavy atom. The van der Waals surface area contributed by atoms with Crippen LogP contribution in [0.4, 0.5) is 14.5 Å². The molecule has 0 saturated carbocycles. The average Bonchev–Trinajstić information content (AvgIpc) is 2.73. The normalized spacial score (nSPS) is 11.1. The number of anilines is 1. The third kappa shape index (κ3) is 5.36. The predicted molar refractivity (Wildman–Crippen MR) is 114 cm³/mol. The van der Waals surface area contributed by atoms with Gasteiger partial charge in [0.05, 0.1) is 16.0 Å². The van der Waals surface area contributed by atoms with Crippen LogP contribution in [0.2, 0.25) is 0 Å². The number of rotatable bonds is 7. The van der Waals surface area contributed by atoms with Crippen molar-refractivity contribution in [2.24, 2.45) is 0 Å². The van der Waals surface area contributed by atoms with E-state index in [1.807, 2.05) is 13.0 Å². The number of halogens is 2. The second-order valence-electron chi connectivity index (χ2n) is 7.08. The third-order valence-electron chi connectivity index (χ3n) is 4.57. The van der Waals surface area contributed by atoms with Gasteiger partial charge in [0.15, 0.2) is 6.61 Å². The highest BCUT2D eigenvalue weighted by Gasteiger charge is 2.21. The minimum absolute atomic E-state index is 0.0790. The molecule has 0 aliphatic rings. The molecule has 0 bridgehead atoms. The highest BCUT2D eigenvalue weighted by Crippen LogP contribution is 2.21. The number of nitrogens with one attached hydrogen (secondary N) is 1. The van der Waals surface area contributed by atoms with Gasteiger partial charge in [0.1, 0.15) is 11.6 Å². The SMILES string of the molecule is Cc1cccc(NS(=O)(=O)c2ccc(C)c(C(=O)OCC(=O)c3cc(F)ccc3F)c2)c1. The lowest BCUT2D eigenvalue weighted by atomic mass is 10.1. The van der Waals surface area contributed by atoms with Crippen LogP contribution in [-0.2, 0) is 14.8 Å². The second-order valence-corrected chi connectivity index (χ2v) is 8.76. The van der Waals surface area contributed by atoms with Crippen molar-refractivity contribution in [3.63, 3.8) is 0 Å². The van der Waals surface area contributed by atoms with Gasteiger partial charge in [-0.15, -0.1) is 0 Å². The first-order valence-electron chi connectivity index (χ1n) is 9.42. The molecule has 0 heterocycles. The van der Waals surface area contributed by atoms with Gasteiger partial charge in [-0.25, -0.2) is 22.0 Å². The first-order chi connectivity index (χ1) is 15.1. The molecule has 3 aromatic carbocycles. The molecule has 0 aliphatic heterocycles. The number of esters is 1. The van der Waals surface area contributed by atoms with Crippen molar-refractivity contribution in [1.29, 1.82) is 0 Å². The molecule has 0 saturated heterocycles. The van der Waals surface area contributed by atoms with Gasteiger partial charge in [-0.05, 0) is 67.4 Å². The molecule has 0 spiro atoms. The maximum atomic E-state index is 13.7. The number of Topliss-reactive ketones (excluding diaryl/α,β-unsaturated/α-hetero) is 1. The molecule has 9 heteroatoms. The minimum Gasteiger partial charge on any atom is -0.454 e. The fourth-order valence-electron chi connectivity index (χ4n) is 2.91. The van der Waals surface area contributed by atoms with Gasteiger partial charge in [-0.3, -0.25) is 9.52 Å². The molecule has 0 amide bonds. The summed E-state index contributed by atoms with van der Waals surface area (Å²) in [6, 6.07) is 13.0. The quantitative estimate of drug-likeness (QED) is 0.417. The summed E-state index contributed by atoms with van der Waals surface area (Å²) in [5.41, 5.74) is 1.00. The van der Waals surface area contributed by atoms with Crippen LogP contribution >= 0.6 is 0 Å². The van der Waals surface area contributed by atoms with Crippen LogP contribution in [0, 0.1) is 25.5 Å². The maximum absolute atomic E-state index is 13.7. The number of benzene rings is 3. The Morgan fingerprint density at radius 3 is 2.41 bits per heavy atom. The van der Waals surface area contributed by atoms with Crippen LogP contribution in [0.25, 0.3) is 0 Å². The first-order valence-corrected chi connectivity index (χ1v) is 10.9. The maximum Gasteiger partial charge on any atom is 0.338 e. The van der Waals surface area contributed by atoms with Crippen LogP contribution in [-0.4, -0.2) is 26.8 Å². The van der Waals surface area contributed by atoms with Crippen molar-refractivity contribution in [2.45, 2.75) is 18.7 Å². The summed E-state index contributed by atoms with van der Waals surface area (Å²) >= 11 is 0. The zero-order chi connectivity index (χ0) is 23.5. The number of carbonyl (C=O) groups excluding carboxylic acids is 2. The van der Waals surface area contributed by atoms with E-state index < -0.39 is 45.6 Å². The Hall–Kier alpha value is -3.59. The molecule has 1 N–H and O–H groups in total. The summed E-state index contributed by atoms with van der Waals surface area (Å²) < 4.78 is 59.8. The monoisotopic (exact) mass is 459 g/mol. The van der Waals surface area contributed by atoms with E-state index >= 15 is 0 Å². The van der Waals surface area contributed by atoms with E-state index in [1.54, 1.807) is 25.1 Å². The lowest BCUT2D eigenvalue weighted by Crippen LogP contribution is -2.18. The largest absolute Gasteiger partial charge is 0.454 e. The molecular weight excluding hydrogens is 440 g/mol. The van der Waals surface area contributed by atoms with Gasteiger partial charge < -0.3 is 4.74 Å². The molecule has 0 fully saturated rings. The van der Waals surface area contributed by atoms with Crippen molar-refractivity contribution in [1.82, 2.24) is 0 Å². The fraction of sp³-hybridized carbons (Fsp3) is 0.130. The molecule has 0 radical (unpaired) electrons. The van der Waals surface area contributed by atoms with Crippen LogP contribution in [0.3, 0.4) is 0 Å². The van der Waals surface area contributed by atoms with E-state index in [-0.39, 0.29) is 10.5 Å². The highest BCUT2D eigenvalue weighted by molar-refractivity contribution is 7.92. The summed E-state index contributed by atoms with van der Waals surface area (Å²) in [6.07, 6.45) is 0. The molecule has 3 aromatic rings. The summed E-state index contributed by atoms with van der Waals surface area (Å²) in [6.45, 7) is 2.54. The number of ketones is 1. The first kappa shape index (κ1) is 23.1. The fourth-order valence-corrected chi connectivity index (χ4v) is 3.98. The molecule has 6 nitrogen and oxygen atoms in total. The van der Waals surface area contributed by atoms with Crippen molar-refractivity contribution in [2.75, 3.05) is 11.3 Å². The molecule has 0 aliphatic carbocycles. The molecule has 0 atom stereocenters. The zero-order valence-electron chi connectivity index (χ0n) is 17.2. The van der Waals surface area contributed by atoms with Crippen molar-refractivity contribution in [3.8, 4) is 0 Å². The lowest BCUT2D eigenvalue weighted by Gasteiger charge is -2.12. The van der Waals surface area contributed by atoms with E-state index in [4.69, 9.17) is 4.74 Å². The zero-order valence-corrected chi connectivity index (χ0v) is 18.0. The van der Waals surface area contributed by atoms with E-state index in [0.29, 0.717) is 17.3 Å². The number of hydrogen-bond acceptors (Lipinski definition) is 5. The smallest absolute Gasteiger partial charge is 0.338 e. The Morgan fingerprint density at radius 1 is 0.938 bits per heavy atom. The van der Waals surface area contributed by atoms with Crippen LogP contribution in [0.1, 0.15) is 31.8 Å². The summed E-state index contributed by atoms with van der Waals surface area (Å²) in [5.74, 6) is -3.66. The van der Waals surface area contributed by atoms with E-state index in [1.165, 1.54) is 12.1 Å². The van der Waals surface area contributed by atoms with Gasteiger partial charge >= 0.3 is 5.97 Å². The molecule has 0 unspecified atom stereocenters. The lowest BCUT2D eigenvalue weighted by molar-refractivity contribution is 0.0472. The Balaban J connectivity index is 1.78. The van der Waals surface area contributed by atoms with Gasteiger partial charge in [0.2, 0.25) is 5.78 Å². The molecule has 166 valence electrons. The summed E-state index contributed by atoms with van der Waals surface area (Å²) in [4.78, 5) is 24.4. The molecule has 0 aromatic heterocycles. The number of carbonyl (C=O) groups is 2. The number of ether oxygens (including phenoxy) is 1. The van der Waals surface area contributed by atoms with Crippen molar-refractivity contribution < 1.29 is 31.5 Å². The summed E-state index contributed by atoms with van der Waals surface area (Å²) in [5, 5.41) is 0. The molecule has 32 heavy (non-hydrogen) atoms. The van der Waals surface area contributed by atoms with Crippen molar-refractivity contribution >= 4 is 27.5 Å². The van der Waals surface area contributed by atoms with Gasteiger partial charge in [-0.2, -0.15) is 0 Å². The molecular formula is C23H19F2NO5S. The third-order valence-corrected chi connectivity index (χ3v) is 5.95. The van der Waals surface area contributed by atoms with Crippen molar-refractivity contribution in [3.05, 3.63) is 94.6 Å².